The number of nitrogens with two attached hydrogens (primary N) is 1. The number of hydrogen-bond donors (Lipinski definition) is 1. The molecule has 0 saturated carbocycles. The molecule has 0 saturated heterocycles. The van der Waals surface area contributed by atoms with Gasteiger partial charge < -0.3 is 10.3 Å². The van der Waals surface area contributed by atoms with Crippen molar-refractivity contribution in [3.8, 4) is 0 Å². The Bertz CT molecular complexity index is 193. The van der Waals surface area contributed by atoms with Crippen LogP contribution in [0, 0.1) is 6.92 Å². The van der Waals surface area contributed by atoms with Gasteiger partial charge in [0.05, 0.1) is 0 Å². The van der Waals surface area contributed by atoms with Crippen molar-refractivity contribution in [3.05, 3.63) is 17.5 Å². The molecule has 1 heterocycles. The monoisotopic (exact) mass is 126 g/mol. The predicted molar refractivity (Wildman–Crippen MR) is 33.8 cm³/mol. The van der Waals surface area contributed by atoms with E-state index in [0.29, 0.717) is 0 Å². The molecule has 3 heteroatoms. The van der Waals surface area contributed by atoms with E-state index in [1.807, 2.05) is 19.9 Å². The van der Waals surface area contributed by atoms with Crippen LogP contribution in [0.3, 0.4) is 0 Å². The third-order valence-corrected chi connectivity index (χ3v) is 1.11. The van der Waals surface area contributed by atoms with Crippen LogP contribution < -0.4 is 5.73 Å². The van der Waals surface area contributed by atoms with Gasteiger partial charge in [-0.25, -0.2) is 0 Å². The molecule has 0 fully saturated rings. The maximum absolute atomic E-state index is 5.50. The Morgan fingerprint density at radius 3 is 2.67 bits per heavy atom. The average molecular weight is 126 g/mol. The highest BCUT2D eigenvalue weighted by Crippen LogP contribution is 2.07. The quantitative estimate of drug-likeness (QED) is 0.610. The third-order valence-electron chi connectivity index (χ3n) is 1.11. The first-order chi connectivity index (χ1) is 4.20. The summed E-state index contributed by atoms with van der Waals surface area (Å²) in [6.45, 7) is 3.72. The molecular formula is C6H10N2O. The van der Waals surface area contributed by atoms with E-state index in [1.54, 1.807) is 0 Å². The summed E-state index contributed by atoms with van der Waals surface area (Å²) in [6, 6.07) is 1.81. The van der Waals surface area contributed by atoms with Crippen LogP contribution in [-0.4, -0.2) is 5.16 Å². The van der Waals surface area contributed by atoms with Crippen molar-refractivity contribution in [2.75, 3.05) is 0 Å². The Morgan fingerprint density at radius 2 is 2.44 bits per heavy atom. The number of nitrogens with zero attached hydrogens (tertiary/aromatic N) is 1. The lowest BCUT2D eigenvalue weighted by Gasteiger charge is -1.93. The van der Waals surface area contributed by atoms with E-state index in [-0.39, 0.29) is 6.04 Å². The van der Waals surface area contributed by atoms with Crippen LogP contribution in [0.25, 0.3) is 0 Å². The Hall–Kier alpha value is -0.830. The molecule has 2 N–H and O–H groups in total. The number of aryl methyl sites for hydroxylation is 1. The zero-order valence-electron chi connectivity index (χ0n) is 5.59. The molecule has 0 aliphatic heterocycles. The summed E-state index contributed by atoms with van der Waals surface area (Å²) in [5.74, 6) is 0.808. The van der Waals surface area contributed by atoms with Gasteiger partial charge in [-0.2, -0.15) is 0 Å². The summed E-state index contributed by atoms with van der Waals surface area (Å²) >= 11 is 0. The van der Waals surface area contributed by atoms with Gasteiger partial charge in [-0.05, 0) is 13.8 Å². The van der Waals surface area contributed by atoms with Crippen LogP contribution in [-0.2, 0) is 0 Å². The zero-order valence-corrected chi connectivity index (χ0v) is 5.59. The molecule has 1 aromatic rings. The average Bonchev–Trinajstić information content (AvgIpc) is 2.14. The number of rotatable bonds is 1. The fraction of sp³-hybridized carbons (Fsp3) is 0.500. The van der Waals surface area contributed by atoms with E-state index in [0.717, 1.165) is 11.5 Å². The van der Waals surface area contributed by atoms with E-state index in [1.165, 1.54) is 0 Å². The molecule has 0 aromatic carbocycles. The predicted octanol–water partition coefficient (Wildman–Crippen LogP) is 1.00. The molecule has 0 aliphatic carbocycles. The van der Waals surface area contributed by atoms with Gasteiger partial charge in [-0.3, -0.25) is 0 Å². The molecule has 1 aromatic heterocycles. The molecule has 1 rings (SSSR count). The first-order valence-electron chi connectivity index (χ1n) is 2.89. The molecule has 3 nitrogen and oxygen atoms in total. The smallest absolute Gasteiger partial charge is 0.133 e. The molecule has 9 heavy (non-hydrogen) atoms. The van der Waals surface area contributed by atoms with Crippen LogP contribution in [0.1, 0.15) is 24.4 Å². The third kappa shape index (κ3) is 1.29. The Morgan fingerprint density at radius 1 is 1.78 bits per heavy atom. The zero-order chi connectivity index (χ0) is 6.85. The second kappa shape index (κ2) is 2.19. The van der Waals surface area contributed by atoms with Crippen molar-refractivity contribution < 1.29 is 4.52 Å². The van der Waals surface area contributed by atoms with Gasteiger partial charge in [0.15, 0.2) is 0 Å². The lowest BCUT2D eigenvalue weighted by atomic mass is 10.2. The Balaban J connectivity index is 2.85. The second-order valence-electron chi connectivity index (χ2n) is 2.15. The molecule has 0 spiro atoms. The molecule has 0 radical (unpaired) electrons. The standard InChI is InChI=1S/C6H10N2O/c1-4-3-6(5(2)7)8-9-4/h3,5H,7H2,1-2H3/t5-/m1/s1. The molecule has 0 aliphatic rings. The highest BCUT2D eigenvalue weighted by Gasteiger charge is 2.02. The van der Waals surface area contributed by atoms with E-state index < -0.39 is 0 Å². The summed E-state index contributed by atoms with van der Waals surface area (Å²) in [7, 11) is 0. The van der Waals surface area contributed by atoms with E-state index in [9.17, 15) is 0 Å². The minimum Gasteiger partial charge on any atom is -0.361 e. The highest BCUT2D eigenvalue weighted by molar-refractivity contribution is 5.06. The van der Waals surface area contributed by atoms with Gasteiger partial charge in [-0.15, -0.1) is 0 Å². The lowest BCUT2D eigenvalue weighted by molar-refractivity contribution is 0.387. The molecule has 1 atom stereocenters. The van der Waals surface area contributed by atoms with Crippen LogP contribution in [0.2, 0.25) is 0 Å². The van der Waals surface area contributed by atoms with Gasteiger partial charge in [-0.1, -0.05) is 5.16 Å². The van der Waals surface area contributed by atoms with Crippen LogP contribution in [0.5, 0.6) is 0 Å². The maximum Gasteiger partial charge on any atom is 0.133 e. The summed E-state index contributed by atoms with van der Waals surface area (Å²) in [6.07, 6.45) is 0. The van der Waals surface area contributed by atoms with Crippen molar-refractivity contribution in [1.29, 1.82) is 0 Å². The van der Waals surface area contributed by atoms with Crippen molar-refractivity contribution in [2.24, 2.45) is 5.73 Å². The fourth-order valence-corrected chi connectivity index (χ4v) is 0.600. The normalized spacial score (nSPS) is 13.7. The lowest BCUT2D eigenvalue weighted by Crippen LogP contribution is -2.04. The van der Waals surface area contributed by atoms with Crippen molar-refractivity contribution in [2.45, 2.75) is 19.9 Å². The summed E-state index contributed by atoms with van der Waals surface area (Å²) < 4.78 is 4.80. The topological polar surface area (TPSA) is 52.0 Å². The van der Waals surface area contributed by atoms with Gasteiger partial charge in [0.2, 0.25) is 0 Å². The van der Waals surface area contributed by atoms with Crippen molar-refractivity contribution in [1.82, 2.24) is 5.16 Å². The first-order valence-corrected chi connectivity index (χ1v) is 2.89. The molecular weight excluding hydrogens is 116 g/mol. The summed E-state index contributed by atoms with van der Waals surface area (Å²) in [4.78, 5) is 0. The molecule has 0 amide bonds. The largest absolute Gasteiger partial charge is 0.361 e. The Labute approximate surface area is 53.8 Å². The van der Waals surface area contributed by atoms with Crippen LogP contribution in [0.4, 0.5) is 0 Å². The number of aromatic nitrogens is 1. The SMILES string of the molecule is Cc1cc([C@@H](C)N)no1. The van der Waals surface area contributed by atoms with E-state index >= 15 is 0 Å². The first kappa shape index (κ1) is 6.29. The fourth-order valence-electron chi connectivity index (χ4n) is 0.600. The van der Waals surface area contributed by atoms with E-state index in [2.05, 4.69) is 5.16 Å². The Kier molecular flexibility index (Phi) is 1.53. The van der Waals surface area contributed by atoms with Crippen molar-refractivity contribution in [3.63, 3.8) is 0 Å². The molecule has 0 unspecified atom stereocenters. The van der Waals surface area contributed by atoms with Crippen LogP contribution in [0.15, 0.2) is 10.6 Å². The second-order valence-corrected chi connectivity index (χ2v) is 2.15. The van der Waals surface area contributed by atoms with Crippen LogP contribution >= 0.6 is 0 Å². The number of hydrogen-bond acceptors (Lipinski definition) is 3. The molecule has 50 valence electrons. The van der Waals surface area contributed by atoms with Gasteiger partial charge >= 0.3 is 0 Å². The maximum atomic E-state index is 5.50. The van der Waals surface area contributed by atoms with Gasteiger partial charge in [0.25, 0.3) is 0 Å². The minimum atomic E-state index is -0.0255. The van der Waals surface area contributed by atoms with Gasteiger partial charge in [0, 0.05) is 12.1 Å². The summed E-state index contributed by atoms with van der Waals surface area (Å²) in [5, 5.41) is 3.72. The summed E-state index contributed by atoms with van der Waals surface area (Å²) in [5.41, 5.74) is 6.32. The van der Waals surface area contributed by atoms with E-state index in [4.69, 9.17) is 10.3 Å². The highest BCUT2D eigenvalue weighted by atomic mass is 16.5. The van der Waals surface area contributed by atoms with Gasteiger partial charge in [0.1, 0.15) is 11.5 Å². The van der Waals surface area contributed by atoms with Crippen molar-refractivity contribution >= 4 is 0 Å². The molecule has 0 bridgehead atoms. The minimum absolute atomic E-state index is 0.0255.